The number of amides is 3. The zero-order valence-electron chi connectivity index (χ0n) is 14.5. The first-order valence-electron chi connectivity index (χ1n) is 8.94. The first-order chi connectivity index (χ1) is 12.1. The van der Waals surface area contributed by atoms with Crippen molar-refractivity contribution < 1.29 is 9.59 Å². The van der Waals surface area contributed by atoms with E-state index in [-0.39, 0.29) is 11.9 Å². The zero-order valence-corrected chi connectivity index (χ0v) is 14.5. The van der Waals surface area contributed by atoms with Crippen LogP contribution in [-0.2, 0) is 10.3 Å². The average molecular weight is 337 g/mol. The van der Waals surface area contributed by atoms with Crippen molar-refractivity contribution in [2.24, 2.45) is 0 Å². The Kier molecular flexibility index (Phi) is 3.96. The number of nitrogens with one attached hydrogen (secondary N) is 1. The van der Waals surface area contributed by atoms with E-state index < -0.39 is 5.54 Å². The Hall–Kier alpha value is -2.40. The van der Waals surface area contributed by atoms with Gasteiger partial charge in [-0.15, -0.1) is 0 Å². The molecule has 2 saturated heterocycles. The minimum Gasteiger partial charge on any atom is -0.319 e. The molecule has 5 nitrogen and oxygen atoms in total. The van der Waals surface area contributed by atoms with Crippen molar-refractivity contribution in [2.45, 2.75) is 31.7 Å². The fourth-order valence-electron chi connectivity index (χ4n) is 3.97. The second-order valence-corrected chi connectivity index (χ2v) is 7.14. The van der Waals surface area contributed by atoms with Gasteiger partial charge >= 0.3 is 6.03 Å². The van der Waals surface area contributed by atoms with Gasteiger partial charge in [-0.2, -0.15) is 0 Å². The smallest absolute Gasteiger partial charge is 0.319 e. The highest BCUT2D eigenvalue weighted by molar-refractivity contribution is 6.09. The maximum absolute atomic E-state index is 13.2. The number of likely N-dealkylation sites (tertiary alicyclic amines) is 1. The quantitative estimate of drug-likeness (QED) is 0.876. The molecule has 2 aliphatic heterocycles. The van der Waals surface area contributed by atoms with Gasteiger partial charge in [-0.25, -0.2) is 9.69 Å². The summed E-state index contributed by atoms with van der Waals surface area (Å²) < 4.78 is 0. The average Bonchev–Trinajstić information content (AvgIpc) is 2.86. The van der Waals surface area contributed by atoms with E-state index in [4.69, 9.17) is 0 Å². The lowest BCUT2D eigenvalue weighted by Crippen LogP contribution is -2.45. The number of urea groups is 1. The minimum absolute atomic E-state index is 0.167. The standard InChI is InChI=1S/C20H23N3O2/c1-20(17-11-7-9-15-8-3-4-10-16(15)17)18(24)23(19(25)21-20)14-22-12-5-2-6-13-22/h3-4,7-11H,2,5-6,12-14H2,1H3,(H,21,25)/t20-/m0/s1. The Morgan fingerprint density at radius 3 is 2.52 bits per heavy atom. The van der Waals surface area contributed by atoms with Gasteiger partial charge in [0.2, 0.25) is 0 Å². The highest BCUT2D eigenvalue weighted by atomic mass is 16.2. The van der Waals surface area contributed by atoms with Crippen LogP contribution in [0.2, 0.25) is 0 Å². The third kappa shape index (κ3) is 2.68. The van der Waals surface area contributed by atoms with Crippen molar-refractivity contribution in [2.75, 3.05) is 19.8 Å². The summed E-state index contributed by atoms with van der Waals surface area (Å²) in [7, 11) is 0. The highest BCUT2D eigenvalue weighted by Crippen LogP contribution is 2.34. The summed E-state index contributed by atoms with van der Waals surface area (Å²) in [6.07, 6.45) is 3.48. The molecule has 0 radical (unpaired) electrons. The van der Waals surface area contributed by atoms with Gasteiger partial charge in [0.1, 0.15) is 5.54 Å². The van der Waals surface area contributed by atoms with Gasteiger partial charge in [-0.3, -0.25) is 9.69 Å². The van der Waals surface area contributed by atoms with Crippen LogP contribution in [0.25, 0.3) is 10.8 Å². The van der Waals surface area contributed by atoms with Gasteiger partial charge in [-0.1, -0.05) is 48.9 Å². The maximum Gasteiger partial charge on any atom is 0.326 e. The van der Waals surface area contributed by atoms with Crippen molar-refractivity contribution >= 4 is 22.7 Å². The summed E-state index contributed by atoms with van der Waals surface area (Å²) >= 11 is 0. The topological polar surface area (TPSA) is 52.7 Å². The number of nitrogens with zero attached hydrogens (tertiary/aromatic N) is 2. The molecule has 5 heteroatoms. The normalized spacial score (nSPS) is 24.8. The molecule has 0 spiro atoms. The lowest BCUT2D eigenvalue weighted by molar-refractivity contribution is -0.132. The lowest BCUT2D eigenvalue weighted by Gasteiger charge is -2.30. The van der Waals surface area contributed by atoms with E-state index >= 15 is 0 Å². The Morgan fingerprint density at radius 2 is 1.72 bits per heavy atom. The largest absolute Gasteiger partial charge is 0.326 e. The summed E-state index contributed by atoms with van der Waals surface area (Å²) in [6.45, 7) is 4.08. The summed E-state index contributed by atoms with van der Waals surface area (Å²) in [6, 6.07) is 13.6. The number of benzene rings is 2. The van der Waals surface area contributed by atoms with Crippen molar-refractivity contribution in [1.29, 1.82) is 0 Å². The van der Waals surface area contributed by atoms with Crippen LogP contribution in [0.5, 0.6) is 0 Å². The molecular formula is C20H23N3O2. The fourth-order valence-corrected chi connectivity index (χ4v) is 3.97. The number of hydrogen-bond donors (Lipinski definition) is 1. The first kappa shape index (κ1) is 16.1. The summed E-state index contributed by atoms with van der Waals surface area (Å²) in [4.78, 5) is 29.3. The summed E-state index contributed by atoms with van der Waals surface area (Å²) in [5.41, 5.74) is -0.168. The van der Waals surface area contributed by atoms with Crippen LogP contribution in [0, 0.1) is 0 Å². The van der Waals surface area contributed by atoms with Crippen LogP contribution < -0.4 is 5.32 Å². The van der Waals surface area contributed by atoms with E-state index in [0.717, 1.165) is 42.3 Å². The lowest BCUT2D eigenvalue weighted by atomic mass is 9.88. The van der Waals surface area contributed by atoms with Gasteiger partial charge in [0.25, 0.3) is 5.91 Å². The molecule has 2 aromatic rings. The monoisotopic (exact) mass is 337 g/mol. The zero-order chi connectivity index (χ0) is 17.4. The van der Waals surface area contributed by atoms with Gasteiger partial charge in [0.15, 0.2) is 0 Å². The summed E-state index contributed by atoms with van der Waals surface area (Å²) in [5.74, 6) is -0.167. The van der Waals surface area contributed by atoms with Crippen LogP contribution >= 0.6 is 0 Å². The Morgan fingerprint density at radius 1 is 1.00 bits per heavy atom. The van der Waals surface area contributed by atoms with Crippen LogP contribution in [0.4, 0.5) is 4.79 Å². The second-order valence-electron chi connectivity index (χ2n) is 7.14. The van der Waals surface area contributed by atoms with Gasteiger partial charge in [0, 0.05) is 0 Å². The molecular weight excluding hydrogens is 314 g/mol. The molecule has 25 heavy (non-hydrogen) atoms. The number of carbonyl (C=O) groups excluding carboxylic acids is 2. The van der Waals surface area contributed by atoms with E-state index in [0.29, 0.717) is 6.67 Å². The Bertz CT molecular complexity index is 823. The molecule has 4 rings (SSSR count). The maximum atomic E-state index is 13.2. The number of imide groups is 1. The third-order valence-electron chi connectivity index (χ3n) is 5.39. The first-order valence-corrected chi connectivity index (χ1v) is 8.94. The van der Waals surface area contributed by atoms with Crippen molar-refractivity contribution in [3.05, 3.63) is 48.0 Å². The fraction of sp³-hybridized carbons (Fsp3) is 0.400. The number of carbonyl (C=O) groups is 2. The second kappa shape index (κ2) is 6.15. The highest BCUT2D eigenvalue weighted by Gasteiger charge is 2.49. The number of piperidine rings is 1. The van der Waals surface area contributed by atoms with Gasteiger partial charge in [0.05, 0.1) is 6.67 Å². The van der Waals surface area contributed by atoms with Gasteiger partial charge in [-0.05, 0) is 49.2 Å². The van der Waals surface area contributed by atoms with Gasteiger partial charge < -0.3 is 5.32 Å². The molecule has 2 fully saturated rings. The van der Waals surface area contributed by atoms with Crippen LogP contribution in [0.15, 0.2) is 42.5 Å². The van der Waals surface area contributed by atoms with Crippen molar-refractivity contribution in [3.63, 3.8) is 0 Å². The Labute approximate surface area is 147 Å². The van der Waals surface area contributed by atoms with Crippen LogP contribution in [-0.4, -0.2) is 41.5 Å². The van der Waals surface area contributed by atoms with E-state index in [1.165, 1.54) is 11.3 Å². The van der Waals surface area contributed by atoms with Crippen LogP contribution in [0.1, 0.15) is 31.7 Å². The molecule has 2 aliphatic rings. The summed E-state index contributed by atoms with van der Waals surface area (Å²) in [5, 5.41) is 5.01. The van der Waals surface area contributed by atoms with Crippen molar-refractivity contribution in [1.82, 2.24) is 15.1 Å². The Balaban J connectivity index is 1.67. The SMILES string of the molecule is C[C@@]1(c2cccc3ccccc23)NC(=O)N(CN2CCCCC2)C1=O. The molecule has 1 N–H and O–H groups in total. The molecule has 0 aromatic heterocycles. The molecule has 0 bridgehead atoms. The number of rotatable bonds is 3. The van der Waals surface area contributed by atoms with E-state index in [2.05, 4.69) is 10.2 Å². The van der Waals surface area contributed by atoms with E-state index in [1.807, 2.05) is 49.4 Å². The third-order valence-corrected chi connectivity index (χ3v) is 5.39. The molecule has 0 aliphatic carbocycles. The molecule has 0 saturated carbocycles. The number of hydrogen-bond acceptors (Lipinski definition) is 3. The number of fused-ring (bicyclic) bond motifs is 1. The van der Waals surface area contributed by atoms with E-state index in [1.54, 1.807) is 0 Å². The molecule has 0 unspecified atom stereocenters. The molecule has 1 atom stereocenters. The predicted molar refractivity (Wildman–Crippen MR) is 97.0 cm³/mol. The molecule has 2 heterocycles. The van der Waals surface area contributed by atoms with Crippen LogP contribution in [0.3, 0.4) is 0 Å². The molecule has 130 valence electrons. The van der Waals surface area contributed by atoms with E-state index in [9.17, 15) is 9.59 Å². The molecule has 3 amide bonds. The minimum atomic E-state index is -1.02. The molecule has 2 aromatic carbocycles. The van der Waals surface area contributed by atoms with Crippen molar-refractivity contribution in [3.8, 4) is 0 Å². The predicted octanol–water partition coefficient (Wildman–Crippen LogP) is 3.05.